The van der Waals surface area contributed by atoms with Gasteiger partial charge in [-0.15, -0.1) is 5.73 Å². The van der Waals surface area contributed by atoms with Gasteiger partial charge in [-0.3, -0.25) is 0 Å². The van der Waals surface area contributed by atoms with Gasteiger partial charge in [-0.05, 0) is 36.5 Å². The largest absolute Gasteiger partial charge is 0.392 e. The maximum Gasteiger partial charge on any atom is 0.0684 e. The number of benzene rings is 2. The highest BCUT2D eigenvalue weighted by atomic mass is 31.1. The molecule has 1 N–H and O–H groups in total. The van der Waals surface area contributed by atoms with E-state index in [1.54, 1.807) is 0 Å². The Morgan fingerprint density at radius 3 is 2.29 bits per heavy atom. The molecule has 1 unspecified atom stereocenters. The first kappa shape index (κ1) is 14.0. The minimum absolute atomic E-state index is 0.0961. The zero-order valence-electron chi connectivity index (χ0n) is 11.7. The highest BCUT2D eigenvalue weighted by Gasteiger charge is 2.17. The Morgan fingerprint density at radius 2 is 1.62 bits per heavy atom. The van der Waals surface area contributed by atoms with Crippen LogP contribution in [-0.2, 0) is 12.8 Å². The standard InChI is InChI=1S/C19H17OP/c20-14-16-8-4-5-9-17(16)15-21(19-12-6-7-13-19)18-10-2-1-3-11-18/h1-12,20H,14-15H2. The molecule has 0 radical (unpaired) electrons. The Kier molecular flexibility index (Phi) is 4.48. The van der Waals surface area contributed by atoms with Crippen LogP contribution in [0.5, 0.6) is 0 Å². The SMILES string of the molecule is OCc1ccccc1CP(C1=C=CC=C1)c1ccccc1. The van der Waals surface area contributed by atoms with Crippen molar-refractivity contribution in [2.24, 2.45) is 0 Å². The van der Waals surface area contributed by atoms with Crippen LogP contribution in [0.1, 0.15) is 11.1 Å². The molecule has 1 aliphatic carbocycles. The monoisotopic (exact) mass is 292 g/mol. The Balaban J connectivity index is 1.97. The van der Waals surface area contributed by atoms with Gasteiger partial charge in [-0.1, -0.05) is 60.7 Å². The van der Waals surface area contributed by atoms with Crippen molar-refractivity contribution in [1.82, 2.24) is 0 Å². The molecule has 104 valence electrons. The highest BCUT2D eigenvalue weighted by Crippen LogP contribution is 2.48. The third-order valence-electron chi connectivity index (χ3n) is 3.56. The average molecular weight is 292 g/mol. The van der Waals surface area contributed by atoms with Crippen molar-refractivity contribution in [3.8, 4) is 0 Å². The van der Waals surface area contributed by atoms with Gasteiger partial charge in [-0.2, -0.15) is 0 Å². The van der Waals surface area contributed by atoms with Crippen molar-refractivity contribution in [3.05, 3.63) is 95.0 Å². The van der Waals surface area contributed by atoms with Crippen LogP contribution in [0.25, 0.3) is 0 Å². The Labute approximate surface area is 126 Å². The molecule has 1 aliphatic rings. The molecule has 0 spiro atoms. The summed E-state index contributed by atoms with van der Waals surface area (Å²) in [5, 5.41) is 12.1. The van der Waals surface area contributed by atoms with Crippen LogP contribution in [0.4, 0.5) is 0 Å². The van der Waals surface area contributed by atoms with Gasteiger partial charge >= 0.3 is 0 Å². The second kappa shape index (κ2) is 6.70. The molecule has 0 fully saturated rings. The zero-order valence-corrected chi connectivity index (χ0v) is 12.6. The molecule has 2 aromatic carbocycles. The molecule has 21 heavy (non-hydrogen) atoms. The van der Waals surface area contributed by atoms with Gasteiger partial charge in [0.15, 0.2) is 0 Å². The second-order valence-corrected chi connectivity index (χ2v) is 7.07. The molecular weight excluding hydrogens is 275 g/mol. The molecule has 0 aromatic heterocycles. The van der Waals surface area contributed by atoms with Crippen LogP contribution >= 0.6 is 7.92 Å². The lowest BCUT2D eigenvalue weighted by atomic mass is 10.1. The van der Waals surface area contributed by atoms with Crippen LogP contribution in [0, 0.1) is 0 Å². The van der Waals surface area contributed by atoms with E-state index < -0.39 is 7.92 Å². The number of hydrogen-bond acceptors (Lipinski definition) is 1. The van der Waals surface area contributed by atoms with Crippen molar-refractivity contribution in [2.45, 2.75) is 12.8 Å². The van der Waals surface area contributed by atoms with Crippen LogP contribution in [0.2, 0.25) is 0 Å². The first-order valence-electron chi connectivity index (χ1n) is 7.02. The van der Waals surface area contributed by atoms with E-state index in [1.165, 1.54) is 16.2 Å². The van der Waals surface area contributed by atoms with Crippen LogP contribution in [0.3, 0.4) is 0 Å². The topological polar surface area (TPSA) is 20.2 Å². The summed E-state index contributed by atoms with van der Waals surface area (Å²) in [7, 11) is -0.479. The van der Waals surface area contributed by atoms with E-state index >= 15 is 0 Å². The third-order valence-corrected chi connectivity index (χ3v) is 6.00. The zero-order chi connectivity index (χ0) is 14.5. The number of aliphatic hydroxyl groups excluding tert-OH is 1. The third kappa shape index (κ3) is 3.23. The number of hydrogen-bond donors (Lipinski definition) is 1. The normalized spacial score (nSPS) is 14.2. The smallest absolute Gasteiger partial charge is 0.0684 e. The van der Waals surface area contributed by atoms with Crippen molar-refractivity contribution >= 4 is 13.2 Å². The first-order valence-corrected chi connectivity index (χ1v) is 8.55. The predicted molar refractivity (Wildman–Crippen MR) is 89.8 cm³/mol. The maximum absolute atomic E-state index is 9.53. The van der Waals surface area contributed by atoms with E-state index in [9.17, 15) is 5.11 Å². The Hall–Kier alpha value is -1.91. The van der Waals surface area contributed by atoms with Crippen LogP contribution in [0.15, 0.2) is 83.9 Å². The van der Waals surface area contributed by atoms with Gasteiger partial charge in [0.2, 0.25) is 0 Å². The fraction of sp³-hybridized carbons (Fsp3) is 0.105. The van der Waals surface area contributed by atoms with Gasteiger partial charge in [0, 0.05) is 11.5 Å². The van der Waals surface area contributed by atoms with E-state index in [-0.39, 0.29) is 6.61 Å². The molecule has 0 saturated heterocycles. The highest BCUT2D eigenvalue weighted by molar-refractivity contribution is 7.69. The summed E-state index contributed by atoms with van der Waals surface area (Å²) in [6.45, 7) is 0.0961. The van der Waals surface area contributed by atoms with Crippen molar-refractivity contribution in [1.29, 1.82) is 0 Å². The van der Waals surface area contributed by atoms with E-state index in [2.05, 4.69) is 42.1 Å². The molecule has 3 rings (SSSR count). The minimum Gasteiger partial charge on any atom is -0.392 e. The molecule has 0 heterocycles. The molecular formula is C19H17OP. The molecule has 1 atom stereocenters. The van der Waals surface area contributed by atoms with E-state index in [4.69, 9.17) is 0 Å². The minimum atomic E-state index is -0.479. The quantitative estimate of drug-likeness (QED) is 0.650. The number of aliphatic hydroxyl groups is 1. The second-order valence-electron chi connectivity index (χ2n) is 4.90. The lowest BCUT2D eigenvalue weighted by molar-refractivity contribution is 0.281. The van der Waals surface area contributed by atoms with Gasteiger partial charge in [0.05, 0.1) is 6.61 Å². The lowest BCUT2D eigenvalue weighted by Gasteiger charge is -2.19. The molecule has 0 aliphatic heterocycles. The summed E-state index contributed by atoms with van der Waals surface area (Å²) in [5.41, 5.74) is 5.61. The maximum atomic E-state index is 9.53. The summed E-state index contributed by atoms with van der Waals surface area (Å²) < 4.78 is 0. The summed E-state index contributed by atoms with van der Waals surface area (Å²) >= 11 is 0. The summed E-state index contributed by atoms with van der Waals surface area (Å²) in [6.07, 6.45) is 7.12. The Bertz CT molecular complexity index is 709. The number of rotatable bonds is 5. The molecule has 2 heteroatoms. The molecule has 2 aromatic rings. The fourth-order valence-corrected chi connectivity index (χ4v) is 4.76. The molecule has 0 saturated carbocycles. The van der Waals surface area contributed by atoms with Gasteiger partial charge < -0.3 is 5.11 Å². The first-order chi connectivity index (χ1) is 10.4. The lowest BCUT2D eigenvalue weighted by Crippen LogP contribution is -2.04. The molecule has 1 nitrogen and oxygen atoms in total. The van der Waals surface area contributed by atoms with Gasteiger partial charge in [0.25, 0.3) is 0 Å². The molecule has 0 bridgehead atoms. The summed E-state index contributed by atoms with van der Waals surface area (Å²) in [5.74, 6) is 0. The van der Waals surface area contributed by atoms with Crippen LogP contribution in [-0.4, -0.2) is 5.11 Å². The van der Waals surface area contributed by atoms with E-state index in [0.29, 0.717) is 0 Å². The fourth-order valence-electron chi connectivity index (χ4n) is 2.45. The summed E-state index contributed by atoms with van der Waals surface area (Å²) in [4.78, 5) is 0. The van der Waals surface area contributed by atoms with Crippen LogP contribution < -0.4 is 5.30 Å². The van der Waals surface area contributed by atoms with E-state index in [0.717, 1.165) is 11.7 Å². The van der Waals surface area contributed by atoms with Crippen molar-refractivity contribution in [3.63, 3.8) is 0 Å². The average Bonchev–Trinajstić information content (AvgIpc) is 3.08. The number of allylic oxidation sites excluding steroid dienone is 3. The predicted octanol–water partition coefficient (Wildman–Crippen LogP) is 4.10. The van der Waals surface area contributed by atoms with E-state index in [1.807, 2.05) is 36.4 Å². The summed E-state index contributed by atoms with van der Waals surface area (Å²) in [6, 6.07) is 18.7. The van der Waals surface area contributed by atoms with Crippen molar-refractivity contribution < 1.29 is 5.11 Å². The molecule has 0 amide bonds. The van der Waals surface area contributed by atoms with Gasteiger partial charge in [0.1, 0.15) is 0 Å². The Morgan fingerprint density at radius 1 is 0.905 bits per heavy atom. The van der Waals surface area contributed by atoms with Crippen molar-refractivity contribution in [2.75, 3.05) is 0 Å². The van der Waals surface area contributed by atoms with Gasteiger partial charge in [-0.25, -0.2) is 0 Å².